The molecule has 0 unspecified atom stereocenters. The zero-order valence-electron chi connectivity index (χ0n) is 11.5. The fraction of sp³-hybridized carbons (Fsp3) is 0.429. The van der Waals surface area contributed by atoms with E-state index in [1.807, 2.05) is 26.8 Å². The molecule has 1 rings (SSSR count). The van der Waals surface area contributed by atoms with Crippen LogP contribution in [0.5, 0.6) is 0 Å². The van der Waals surface area contributed by atoms with E-state index in [9.17, 15) is 9.59 Å². The van der Waals surface area contributed by atoms with Crippen LogP contribution in [0.3, 0.4) is 0 Å². The number of carbonyl (C=O) groups excluding carboxylic acids is 2. The fourth-order valence-electron chi connectivity index (χ4n) is 1.58. The number of ether oxygens (including phenoxy) is 1. The summed E-state index contributed by atoms with van der Waals surface area (Å²) in [5.41, 5.74) is 1.55. The van der Waals surface area contributed by atoms with Gasteiger partial charge < -0.3 is 10.1 Å². The van der Waals surface area contributed by atoms with Crippen molar-refractivity contribution in [2.75, 3.05) is 7.11 Å². The van der Waals surface area contributed by atoms with Gasteiger partial charge in [-0.05, 0) is 30.5 Å². The molecule has 0 saturated heterocycles. The molecule has 0 aliphatic carbocycles. The maximum Gasteiger partial charge on any atom is 0.328 e. The van der Waals surface area contributed by atoms with Gasteiger partial charge in [-0.2, -0.15) is 0 Å². The Morgan fingerprint density at radius 1 is 1.32 bits per heavy atom. The van der Waals surface area contributed by atoms with Crippen molar-refractivity contribution in [3.05, 3.63) is 33.8 Å². The molecule has 1 atom stereocenters. The van der Waals surface area contributed by atoms with Gasteiger partial charge in [0, 0.05) is 10.0 Å². The molecule has 0 aliphatic rings. The summed E-state index contributed by atoms with van der Waals surface area (Å²) < 4.78 is 5.55. The van der Waals surface area contributed by atoms with Gasteiger partial charge in [0.25, 0.3) is 5.91 Å². The first-order valence-electron chi connectivity index (χ1n) is 6.01. The summed E-state index contributed by atoms with van der Waals surface area (Å²) in [4.78, 5) is 23.7. The molecule has 0 heterocycles. The Labute approximate surface area is 121 Å². The summed E-state index contributed by atoms with van der Waals surface area (Å²) >= 11 is 3.38. The minimum atomic E-state index is -0.641. The van der Waals surface area contributed by atoms with Crippen LogP contribution < -0.4 is 5.32 Å². The number of methoxy groups -OCH3 is 1. The summed E-state index contributed by atoms with van der Waals surface area (Å²) in [6.07, 6.45) is 0. The van der Waals surface area contributed by atoms with Crippen molar-refractivity contribution in [3.8, 4) is 0 Å². The number of carbonyl (C=O) groups is 2. The van der Waals surface area contributed by atoms with Crippen molar-refractivity contribution in [2.45, 2.75) is 26.8 Å². The number of hydrogen-bond donors (Lipinski definition) is 1. The molecule has 104 valence electrons. The van der Waals surface area contributed by atoms with Crippen molar-refractivity contribution >= 4 is 27.8 Å². The third kappa shape index (κ3) is 4.06. The normalized spacial score (nSPS) is 12.1. The van der Waals surface area contributed by atoms with E-state index in [2.05, 4.69) is 21.2 Å². The highest BCUT2D eigenvalue weighted by molar-refractivity contribution is 9.10. The van der Waals surface area contributed by atoms with Gasteiger partial charge in [0.05, 0.1) is 7.11 Å². The Balaban J connectivity index is 2.87. The van der Waals surface area contributed by atoms with Crippen molar-refractivity contribution in [3.63, 3.8) is 0 Å². The minimum absolute atomic E-state index is 0.0368. The second-order valence-corrected chi connectivity index (χ2v) is 5.54. The number of benzene rings is 1. The second kappa shape index (κ2) is 6.70. The standard InChI is InChI=1S/C14H18BrNO3/c1-8(2)12(14(18)19-4)16-13(17)10-6-5-9(3)11(15)7-10/h5-8,12H,1-4H3,(H,16,17)/t12-/m0/s1. The van der Waals surface area contributed by atoms with Crippen LogP contribution in [0, 0.1) is 12.8 Å². The van der Waals surface area contributed by atoms with E-state index >= 15 is 0 Å². The lowest BCUT2D eigenvalue weighted by atomic mass is 10.0. The lowest BCUT2D eigenvalue weighted by molar-refractivity contribution is -0.144. The molecular weight excluding hydrogens is 310 g/mol. The van der Waals surface area contributed by atoms with E-state index in [0.717, 1.165) is 10.0 Å². The van der Waals surface area contributed by atoms with Gasteiger partial charge in [0.1, 0.15) is 6.04 Å². The van der Waals surface area contributed by atoms with E-state index in [1.54, 1.807) is 12.1 Å². The molecule has 1 aromatic rings. The van der Waals surface area contributed by atoms with Gasteiger partial charge in [0.2, 0.25) is 0 Å². The number of rotatable bonds is 4. The number of hydrogen-bond acceptors (Lipinski definition) is 3. The summed E-state index contributed by atoms with van der Waals surface area (Å²) in [6.45, 7) is 5.65. The molecule has 1 amide bonds. The molecule has 5 heteroatoms. The van der Waals surface area contributed by atoms with Crippen molar-refractivity contribution < 1.29 is 14.3 Å². The molecule has 0 spiro atoms. The van der Waals surface area contributed by atoms with Crippen molar-refractivity contribution in [1.29, 1.82) is 0 Å². The van der Waals surface area contributed by atoms with Crippen LogP contribution in [0.1, 0.15) is 29.8 Å². The van der Waals surface area contributed by atoms with Crippen LogP contribution >= 0.6 is 15.9 Å². The number of nitrogens with one attached hydrogen (secondary N) is 1. The first-order chi connectivity index (χ1) is 8.86. The van der Waals surface area contributed by atoms with Crippen LogP contribution in [-0.4, -0.2) is 25.0 Å². The highest BCUT2D eigenvalue weighted by atomic mass is 79.9. The quantitative estimate of drug-likeness (QED) is 0.865. The van der Waals surface area contributed by atoms with E-state index in [0.29, 0.717) is 5.56 Å². The zero-order chi connectivity index (χ0) is 14.6. The van der Waals surface area contributed by atoms with Crippen LogP contribution in [0.4, 0.5) is 0 Å². The van der Waals surface area contributed by atoms with Crippen molar-refractivity contribution in [2.24, 2.45) is 5.92 Å². The first kappa shape index (κ1) is 15.7. The lowest BCUT2D eigenvalue weighted by Crippen LogP contribution is -2.45. The fourth-order valence-corrected chi connectivity index (χ4v) is 1.96. The molecule has 1 N–H and O–H groups in total. The summed E-state index contributed by atoms with van der Waals surface area (Å²) in [5, 5.41) is 2.70. The van der Waals surface area contributed by atoms with Crippen LogP contribution in [0.15, 0.2) is 22.7 Å². The van der Waals surface area contributed by atoms with E-state index in [1.165, 1.54) is 7.11 Å². The number of aryl methyl sites for hydroxylation is 1. The monoisotopic (exact) mass is 327 g/mol. The molecule has 0 radical (unpaired) electrons. The molecule has 19 heavy (non-hydrogen) atoms. The van der Waals surface area contributed by atoms with Crippen LogP contribution in [0.25, 0.3) is 0 Å². The Bertz CT molecular complexity index is 486. The molecule has 0 saturated carbocycles. The average Bonchev–Trinajstić information content (AvgIpc) is 2.37. The van der Waals surface area contributed by atoms with Gasteiger partial charge in [-0.15, -0.1) is 0 Å². The minimum Gasteiger partial charge on any atom is -0.467 e. The molecule has 0 fully saturated rings. The lowest BCUT2D eigenvalue weighted by Gasteiger charge is -2.19. The van der Waals surface area contributed by atoms with Gasteiger partial charge in [-0.1, -0.05) is 35.8 Å². The van der Waals surface area contributed by atoms with Crippen LogP contribution in [0.2, 0.25) is 0 Å². The Hall–Kier alpha value is -1.36. The Morgan fingerprint density at radius 2 is 1.95 bits per heavy atom. The Morgan fingerprint density at radius 3 is 2.42 bits per heavy atom. The van der Waals surface area contributed by atoms with E-state index in [-0.39, 0.29) is 11.8 Å². The summed E-state index contributed by atoms with van der Waals surface area (Å²) in [6, 6.07) is 4.67. The van der Waals surface area contributed by atoms with Gasteiger partial charge >= 0.3 is 5.97 Å². The maximum atomic E-state index is 12.1. The SMILES string of the molecule is COC(=O)[C@@H](NC(=O)c1ccc(C)c(Br)c1)C(C)C. The molecule has 0 aliphatic heterocycles. The second-order valence-electron chi connectivity index (χ2n) is 4.68. The zero-order valence-corrected chi connectivity index (χ0v) is 13.1. The average molecular weight is 328 g/mol. The highest BCUT2D eigenvalue weighted by Crippen LogP contribution is 2.17. The predicted molar refractivity (Wildman–Crippen MR) is 77.0 cm³/mol. The largest absolute Gasteiger partial charge is 0.467 e. The summed E-state index contributed by atoms with van der Waals surface area (Å²) in [7, 11) is 1.31. The van der Waals surface area contributed by atoms with Gasteiger partial charge in [-0.25, -0.2) is 4.79 Å². The van der Waals surface area contributed by atoms with E-state index < -0.39 is 12.0 Å². The number of esters is 1. The molecular formula is C14H18BrNO3. The smallest absolute Gasteiger partial charge is 0.328 e. The molecule has 4 nitrogen and oxygen atoms in total. The predicted octanol–water partition coefficient (Wildman–Crippen LogP) is 2.68. The summed E-state index contributed by atoms with van der Waals surface area (Å²) in [5.74, 6) is -0.760. The maximum absolute atomic E-state index is 12.1. The van der Waals surface area contributed by atoms with E-state index in [4.69, 9.17) is 4.74 Å². The number of halogens is 1. The topological polar surface area (TPSA) is 55.4 Å². The van der Waals surface area contributed by atoms with Gasteiger partial charge in [0.15, 0.2) is 0 Å². The molecule has 0 aromatic heterocycles. The third-order valence-corrected chi connectivity index (χ3v) is 3.70. The Kier molecular flexibility index (Phi) is 5.54. The molecule has 1 aromatic carbocycles. The van der Waals surface area contributed by atoms with Crippen LogP contribution in [-0.2, 0) is 9.53 Å². The molecule has 0 bridgehead atoms. The van der Waals surface area contributed by atoms with Crippen molar-refractivity contribution in [1.82, 2.24) is 5.32 Å². The highest BCUT2D eigenvalue weighted by Gasteiger charge is 2.25. The third-order valence-electron chi connectivity index (χ3n) is 2.84. The number of amides is 1. The van der Waals surface area contributed by atoms with Gasteiger partial charge in [-0.3, -0.25) is 4.79 Å². The first-order valence-corrected chi connectivity index (χ1v) is 6.81.